The van der Waals surface area contributed by atoms with Crippen molar-refractivity contribution < 1.29 is 14.7 Å². The summed E-state index contributed by atoms with van der Waals surface area (Å²) in [6.07, 6.45) is 4.68. The average Bonchev–Trinajstić information content (AvgIpc) is 2.46. The summed E-state index contributed by atoms with van der Waals surface area (Å²) in [6.45, 7) is 9.08. The first-order valence-corrected chi connectivity index (χ1v) is 7.04. The van der Waals surface area contributed by atoms with Crippen molar-refractivity contribution in [3.05, 3.63) is 65.3 Å². The lowest BCUT2D eigenvalue weighted by atomic mass is 10.0. The number of carboxylic acids is 1. The molecule has 1 aromatic carbocycles. The number of hydrogen-bond acceptors (Lipinski definition) is 2. The number of nitrogens with one attached hydrogen (secondary N) is 1. The second-order valence-electron chi connectivity index (χ2n) is 4.92. The van der Waals surface area contributed by atoms with E-state index in [1.807, 2.05) is 32.0 Å². The quantitative estimate of drug-likeness (QED) is 0.620. The number of rotatable bonds is 6. The number of aryl methyl sites for hydroxylation is 2. The molecule has 0 radical (unpaired) electrons. The smallest absolute Gasteiger partial charge is 0.336 e. The summed E-state index contributed by atoms with van der Waals surface area (Å²) < 4.78 is 0. The van der Waals surface area contributed by atoms with Crippen molar-refractivity contribution in [2.24, 2.45) is 0 Å². The van der Waals surface area contributed by atoms with Gasteiger partial charge in [-0.1, -0.05) is 37.8 Å². The lowest BCUT2D eigenvalue weighted by Crippen LogP contribution is -2.18. The standard InChI is InChI=1S/C18H21NO3/c1-5-7-8-15(18(21)22)14(6-2)17(20)19-16-11-12(3)9-10-13(16)4/h5,7-11H,1,6H2,2-4H3,(H,19,20)(H,21,22)/b8-7-,15-14-. The van der Waals surface area contributed by atoms with Crippen LogP contribution in [0, 0.1) is 13.8 Å². The third-order valence-corrected chi connectivity index (χ3v) is 3.22. The van der Waals surface area contributed by atoms with E-state index in [1.54, 1.807) is 6.92 Å². The Kier molecular flexibility index (Phi) is 6.32. The van der Waals surface area contributed by atoms with Gasteiger partial charge in [-0.3, -0.25) is 4.79 Å². The monoisotopic (exact) mass is 299 g/mol. The van der Waals surface area contributed by atoms with Gasteiger partial charge in [-0.2, -0.15) is 0 Å². The zero-order valence-corrected chi connectivity index (χ0v) is 13.1. The van der Waals surface area contributed by atoms with Gasteiger partial charge in [0.25, 0.3) is 5.91 Å². The highest BCUT2D eigenvalue weighted by Gasteiger charge is 2.17. The maximum absolute atomic E-state index is 12.4. The van der Waals surface area contributed by atoms with E-state index in [9.17, 15) is 14.7 Å². The second-order valence-corrected chi connectivity index (χ2v) is 4.92. The third kappa shape index (κ3) is 4.45. The maximum atomic E-state index is 12.4. The molecule has 0 heterocycles. The molecule has 0 fully saturated rings. The Bertz CT molecular complexity index is 654. The zero-order chi connectivity index (χ0) is 16.7. The molecule has 0 aliphatic carbocycles. The number of anilines is 1. The van der Waals surface area contributed by atoms with Gasteiger partial charge in [0.15, 0.2) is 0 Å². The Labute approximate surface area is 130 Å². The van der Waals surface area contributed by atoms with Crippen molar-refractivity contribution in [1.82, 2.24) is 0 Å². The van der Waals surface area contributed by atoms with E-state index in [4.69, 9.17) is 0 Å². The van der Waals surface area contributed by atoms with Gasteiger partial charge >= 0.3 is 5.97 Å². The summed E-state index contributed by atoms with van der Waals surface area (Å²) in [6, 6.07) is 5.73. The van der Waals surface area contributed by atoms with Gasteiger partial charge in [0.1, 0.15) is 0 Å². The van der Waals surface area contributed by atoms with E-state index >= 15 is 0 Å². The number of carbonyl (C=O) groups is 2. The molecule has 116 valence electrons. The molecule has 0 saturated carbocycles. The lowest BCUT2D eigenvalue weighted by molar-refractivity contribution is -0.132. The zero-order valence-electron chi connectivity index (χ0n) is 13.1. The van der Waals surface area contributed by atoms with E-state index in [1.165, 1.54) is 18.2 Å². The average molecular weight is 299 g/mol. The van der Waals surface area contributed by atoms with Crippen LogP contribution in [0.2, 0.25) is 0 Å². The first-order valence-electron chi connectivity index (χ1n) is 7.04. The van der Waals surface area contributed by atoms with Crippen LogP contribution >= 0.6 is 0 Å². The number of amides is 1. The van der Waals surface area contributed by atoms with Crippen LogP contribution in [-0.4, -0.2) is 17.0 Å². The number of carboxylic acid groups (broad SMARTS) is 1. The summed E-state index contributed by atoms with van der Waals surface area (Å²) in [7, 11) is 0. The van der Waals surface area contributed by atoms with Crippen LogP contribution in [0.25, 0.3) is 0 Å². The molecule has 0 aromatic heterocycles. The Morgan fingerprint density at radius 2 is 2.00 bits per heavy atom. The van der Waals surface area contributed by atoms with Crippen LogP contribution < -0.4 is 5.32 Å². The van der Waals surface area contributed by atoms with Crippen LogP contribution in [-0.2, 0) is 9.59 Å². The van der Waals surface area contributed by atoms with Gasteiger partial charge in [0, 0.05) is 11.3 Å². The Balaban J connectivity index is 3.20. The first-order chi connectivity index (χ1) is 10.4. The molecule has 1 amide bonds. The number of benzene rings is 1. The molecule has 0 saturated heterocycles. The minimum Gasteiger partial charge on any atom is -0.478 e. The predicted molar refractivity (Wildman–Crippen MR) is 88.8 cm³/mol. The number of allylic oxidation sites excluding steroid dienone is 2. The van der Waals surface area contributed by atoms with Gasteiger partial charge in [0.05, 0.1) is 5.57 Å². The van der Waals surface area contributed by atoms with Crippen molar-refractivity contribution in [2.45, 2.75) is 27.2 Å². The van der Waals surface area contributed by atoms with Crippen LogP contribution in [0.1, 0.15) is 24.5 Å². The molecule has 0 spiro atoms. The molecule has 0 bridgehead atoms. The molecule has 0 aliphatic heterocycles. The van der Waals surface area contributed by atoms with Crippen LogP contribution in [0.3, 0.4) is 0 Å². The van der Waals surface area contributed by atoms with E-state index in [0.29, 0.717) is 12.1 Å². The molecular weight excluding hydrogens is 278 g/mol. The summed E-state index contributed by atoms with van der Waals surface area (Å²) in [4.78, 5) is 23.8. The first kappa shape index (κ1) is 17.4. The van der Waals surface area contributed by atoms with Crippen LogP contribution in [0.15, 0.2) is 54.2 Å². The molecule has 0 aliphatic rings. The summed E-state index contributed by atoms with van der Waals surface area (Å²) in [5, 5.41) is 12.1. The number of aliphatic carboxylic acids is 1. The van der Waals surface area contributed by atoms with Crippen molar-refractivity contribution in [2.75, 3.05) is 5.32 Å². The molecule has 4 nitrogen and oxygen atoms in total. The van der Waals surface area contributed by atoms with Crippen LogP contribution in [0.4, 0.5) is 5.69 Å². The Morgan fingerprint density at radius 3 is 2.55 bits per heavy atom. The van der Waals surface area contributed by atoms with Crippen molar-refractivity contribution in [3.63, 3.8) is 0 Å². The number of hydrogen-bond donors (Lipinski definition) is 2. The van der Waals surface area contributed by atoms with Crippen molar-refractivity contribution >= 4 is 17.6 Å². The van der Waals surface area contributed by atoms with E-state index in [0.717, 1.165) is 11.1 Å². The Hall–Kier alpha value is -2.62. The lowest BCUT2D eigenvalue weighted by Gasteiger charge is -2.12. The second kappa shape index (κ2) is 7.98. The fourth-order valence-electron chi connectivity index (χ4n) is 2.01. The van der Waals surface area contributed by atoms with E-state index < -0.39 is 11.9 Å². The topological polar surface area (TPSA) is 66.4 Å². The molecular formula is C18H21NO3. The molecule has 1 rings (SSSR count). The van der Waals surface area contributed by atoms with Gasteiger partial charge in [-0.05, 0) is 43.5 Å². The summed E-state index contributed by atoms with van der Waals surface area (Å²) >= 11 is 0. The molecule has 22 heavy (non-hydrogen) atoms. The summed E-state index contributed by atoms with van der Waals surface area (Å²) in [5.41, 5.74) is 2.84. The van der Waals surface area contributed by atoms with Crippen LogP contribution in [0.5, 0.6) is 0 Å². The van der Waals surface area contributed by atoms with E-state index in [-0.39, 0.29) is 11.1 Å². The fourth-order valence-corrected chi connectivity index (χ4v) is 2.01. The minimum absolute atomic E-state index is 0.0230. The van der Waals surface area contributed by atoms with Gasteiger partial charge in [0.2, 0.25) is 0 Å². The largest absolute Gasteiger partial charge is 0.478 e. The highest BCUT2D eigenvalue weighted by Crippen LogP contribution is 2.19. The molecule has 4 heteroatoms. The highest BCUT2D eigenvalue weighted by atomic mass is 16.4. The minimum atomic E-state index is -1.13. The Morgan fingerprint density at radius 1 is 1.32 bits per heavy atom. The predicted octanol–water partition coefficient (Wildman–Crippen LogP) is 3.78. The van der Waals surface area contributed by atoms with Gasteiger partial charge < -0.3 is 10.4 Å². The third-order valence-electron chi connectivity index (χ3n) is 3.22. The van der Waals surface area contributed by atoms with Gasteiger partial charge in [-0.25, -0.2) is 4.79 Å². The molecule has 0 unspecified atom stereocenters. The van der Waals surface area contributed by atoms with E-state index in [2.05, 4.69) is 11.9 Å². The molecule has 2 N–H and O–H groups in total. The number of carbonyl (C=O) groups excluding carboxylic acids is 1. The normalized spacial score (nSPS) is 12.0. The SMILES string of the molecule is C=C/C=C\C(C(=O)O)=C(/CC)C(=O)Nc1cc(C)ccc1C. The molecule has 0 atom stereocenters. The summed E-state index contributed by atoms with van der Waals surface area (Å²) in [5.74, 6) is -1.53. The fraction of sp³-hybridized carbons (Fsp3) is 0.222. The maximum Gasteiger partial charge on any atom is 0.336 e. The van der Waals surface area contributed by atoms with Crippen molar-refractivity contribution in [3.8, 4) is 0 Å². The van der Waals surface area contributed by atoms with Gasteiger partial charge in [-0.15, -0.1) is 0 Å². The molecule has 1 aromatic rings. The highest BCUT2D eigenvalue weighted by molar-refractivity contribution is 6.09. The van der Waals surface area contributed by atoms with Crippen molar-refractivity contribution in [1.29, 1.82) is 0 Å².